The van der Waals surface area contributed by atoms with E-state index < -0.39 is 11.0 Å². The standard InChI is InChI=1S/C16H16ClNO2/c1-10(2)18-11(3)9-13(12-7-5-4-6-8-12)14(18)15(19)16(17)20/h4-10H,1-3H3. The summed E-state index contributed by atoms with van der Waals surface area (Å²) in [5.41, 5.74) is 2.94. The van der Waals surface area contributed by atoms with Crippen molar-refractivity contribution in [1.82, 2.24) is 4.57 Å². The Balaban J connectivity index is 2.73. The van der Waals surface area contributed by atoms with Crippen molar-refractivity contribution in [2.75, 3.05) is 0 Å². The number of rotatable bonds is 4. The fourth-order valence-electron chi connectivity index (χ4n) is 2.48. The van der Waals surface area contributed by atoms with Crippen molar-refractivity contribution in [3.63, 3.8) is 0 Å². The smallest absolute Gasteiger partial charge is 0.294 e. The van der Waals surface area contributed by atoms with Gasteiger partial charge < -0.3 is 4.57 Å². The fraction of sp³-hybridized carbons (Fsp3) is 0.250. The molecule has 1 aromatic heterocycles. The number of nitrogens with zero attached hydrogens (tertiary/aromatic N) is 1. The molecule has 0 bridgehead atoms. The lowest BCUT2D eigenvalue weighted by Gasteiger charge is -2.14. The number of hydrogen-bond acceptors (Lipinski definition) is 2. The Bertz CT molecular complexity index is 657. The zero-order valence-electron chi connectivity index (χ0n) is 11.7. The van der Waals surface area contributed by atoms with E-state index in [1.54, 1.807) is 0 Å². The van der Waals surface area contributed by atoms with E-state index in [1.165, 1.54) is 0 Å². The van der Waals surface area contributed by atoms with E-state index in [4.69, 9.17) is 11.6 Å². The van der Waals surface area contributed by atoms with E-state index in [1.807, 2.05) is 61.7 Å². The number of halogens is 1. The molecule has 0 saturated heterocycles. The lowest BCUT2D eigenvalue weighted by atomic mass is 10.0. The van der Waals surface area contributed by atoms with Crippen molar-refractivity contribution in [2.24, 2.45) is 0 Å². The number of ketones is 1. The van der Waals surface area contributed by atoms with Gasteiger partial charge in [0.15, 0.2) is 0 Å². The molecule has 0 amide bonds. The molecule has 0 N–H and O–H groups in total. The Morgan fingerprint density at radius 1 is 1.15 bits per heavy atom. The molecule has 20 heavy (non-hydrogen) atoms. The number of hydrogen-bond donors (Lipinski definition) is 0. The number of aryl methyl sites for hydroxylation is 1. The highest BCUT2D eigenvalue weighted by atomic mass is 35.5. The monoisotopic (exact) mass is 289 g/mol. The molecule has 0 radical (unpaired) electrons. The molecule has 1 aromatic carbocycles. The minimum Gasteiger partial charge on any atom is -0.339 e. The fourth-order valence-corrected chi connectivity index (χ4v) is 2.57. The first-order chi connectivity index (χ1) is 9.43. The summed E-state index contributed by atoms with van der Waals surface area (Å²) in [4.78, 5) is 23.5. The van der Waals surface area contributed by atoms with Gasteiger partial charge in [0.05, 0.1) is 0 Å². The van der Waals surface area contributed by atoms with Crippen LogP contribution in [0.2, 0.25) is 0 Å². The Morgan fingerprint density at radius 3 is 2.25 bits per heavy atom. The Morgan fingerprint density at radius 2 is 1.75 bits per heavy atom. The third kappa shape index (κ3) is 2.54. The van der Waals surface area contributed by atoms with E-state index in [-0.39, 0.29) is 6.04 Å². The van der Waals surface area contributed by atoms with Gasteiger partial charge in [-0.3, -0.25) is 9.59 Å². The molecule has 0 atom stereocenters. The van der Waals surface area contributed by atoms with Crippen molar-refractivity contribution < 1.29 is 9.59 Å². The van der Waals surface area contributed by atoms with E-state index in [0.29, 0.717) is 5.69 Å². The van der Waals surface area contributed by atoms with Crippen LogP contribution in [-0.4, -0.2) is 15.6 Å². The zero-order valence-corrected chi connectivity index (χ0v) is 12.4. The largest absolute Gasteiger partial charge is 0.339 e. The van der Waals surface area contributed by atoms with Crippen molar-refractivity contribution in [3.8, 4) is 11.1 Å². The predicted octanol–water partition coefficient (Wildman–Crippen LogP) is 3.99. The molecule has 0 aliphatic heterocycles. The summed E-state index contributed by atoms with van der Waals surface area (Å²) in [6, 6.07) is 11.5. The molecule has 2 aromatic rings. The topological polar surface area (TPSA) is 39.1 Å². The second-order valence-electron chi connectivity index (χ2n) is 4.98. The first kappa shape index (κ1) is 14.5. The second-order valence-corrected chi connectivity index (χ2v) is 5.32. The van der Waals surface area contributed by atoms with Gasteiger partial charge in [-0.15, -0.1) is 0 Å². The Kier molecular flexibility index (Phi) is 4.09. The van der Waals surface area contributed by atoms with Crippen LogP contribution >= 0.6 is 11.6 Å². The Hall–Kier alpha value is -1.87. The molecule has 104 valence electrons. The van der Waals surface area contributed by atoms with Crippen LogP contribution in [0.5, 0.6) is 0 Å². The second kappa shape index (κ2) is 5.63. The van der Waals surface area contributed by atoms with Gasteiger partial charge >= 0.3 is 0 Å². The number of carbonyl (C=O) groups is 2. The van der Waals surface area contributed by atoms with Crippen LogP contribution in [0.1, 0.15) is 36.1 Å². The van der Waals surface area contributed by atoms with Gasteiger partial charge in [-0.25, -0.2) is 0 Å². The molecule has 0 unspecified atom stereocenters. The highest BCUT2D eigenvalue weighted by molar-refractivity contribution is 6.83. The molecule has 3 nitrogen and oxygen atoms in total. The summed E-state index contributed by atoms with van der Waals surface area (Å²) in [7, 11) is 0. The van der Waals surface area contributed by atoms with Crippen LogP contribution in [-0.2, 0) is 4.79 Å². The highest BCUT2D eigenvalue weighted by Gasteiger charge is 2.25. The van der Waals surface area contributed by atoms with Crippen LogP contribution in [0, 0.1) is 6.92 Å². The van der Waals surface area contributed by atoms with Crippen LogP contribution in [0.3, 0.4) is 0 Å². The van der Waals surface area contributed by atoms with Crippen LogP contribution in [0.15, 0.2) is 36.4 Å². The van der Waals surface area contributed by atoms with Gasteiger partial charge in [0.25, 0.3) is 11.0 Å². The predicted molar refractivity (Wildman–Crippen MR) is 80.2 cm³/mol. The van der Waals surface area contributed by atoms with Crippen LogP contribution < -0.4 is 0 Å². The average molecular weight is 290 g/mol. The third-order valence-corrected chi connectivity index (χ3v) is 3.40. The van der Waals surface area contributed by atoms with Crippen molar-refractivity contribution in [2.45, 2.75) is 26.8 Å². The molecule has 0 saturated carbocycles. The molecule has 0 spiro atoms. The lowest BCUT2D eigenvalue weighted by molar-refractivity contribution is -0.108. The first-order valence-corrected chi connectivity index (χ1v) is 6.82. The van der Waals surface area contributed by atoms with Gasteiger partial charge in [-0.05, 0) is 44.0 Å². The molecule has 0 aliphatic carbocycles. The molecule has 0 aliphatic rings. The maximum Gasteiger partial charge on any atom is 0.294 e. The van der Waals surface area contributed by atoms with Gasteiger partial charge in [-0.2, -0.15) is 0 Å². The number of carbonyl (C=O) groups excluding carboxylic acids is 2. The van der Waals surface area contributed by atoms with Gasteiger partial charge in [0, 0.05) is 17.3 Å². The summed E-state index contributed by atoms with van der Waals surface area (Å²) in [5.74, 6) is -0.660. The number of aromatic nitrogens is 1. The van der Waals surface area contributed by atoms with Gasteiger partial charge in [0.1, 0.15) is 5.69 Å². The average Bonchev–Trinajstić information content (AvgIpc) is 2.76. The molecular weight excluding hydrogens is 274 g/mol. The highest BCUT2D eigenvalue weighted by Crippen LogP contribution is 2.30. The SMILES string of the molecule is Cc1cc(-c2ccccc2)c(C(=O)C(=O)Cl)n1C(C)C. The van der Waals surface area contributed by atoms with E-state index >= 15 is 0 Å². The minimum absolute atomic E-state index is 0.0717. The maximum atomic E-state index is 12.2. The van der Waals surface area contributed by atoms with Crippen molar-refractivity contribution >= 4 is 22.6 Å². The number of Topliss-reactive ketones (excluding diaryl/α,β-unsaturated/α-hetero) is 1. The van der Waals surface area contributed by atoms with E-state index in [9.17, 15) is 9.59 Å². The first-order valence-electron chi connectivity index (χ1n) is 6.45. The maximum absolute atomic E-state index is 12.2. The summed E-state index contributed by atoms with van der Waals surface area (Å²) in [5, 5.41) is -0.956. The molecule has 1 heterocycles. The van der Waals surface area contributed by atoms with E-state index in [2.05, 4.69) is 0 Å². The zero-order chi connectivity index (χ0) is 14.9. The summed E-state index contributed by atoms with van der Waals surface area (Å²) >= 11 is 5.41. The third-order valence-electron chi connectivity index (χ3n) is 3.22. The van der Waals surface area contributed by atoms with Gasteiger partial charge in [0.2, 0.25) is 0 Å². The number of benzene rings is 1. The quantitative estimate of drug-likeness (QED) is 0.485. The van der Waals surface area contributed by atoms with Crippen LogP contribution in [0.4, 0.5) is 0 Å². The molecular formula is C16H16ClNO2. The van der Waals surface area contributed by atoms with Gasteiger partial charge in [-0.1, -0.05) is 30.3 Å². The molecule has 4 heteroatoms. The summed E-state index contributed by atoms with van der Waals surface area (Å²) in [6.45, 7) is 5.86. The summed E-state index contributed by atoms with van der Waals surface area (Å²) in [6.07, 6.45) is 0. The van der Waals surface area contributed by atoms with Crippen molar-refractivity contribution in [3.05, 3.63) is 47.8 Å². The lowest BCUT2D eigenvalue weighted by Crippen LogP contribution is -2.17. The Labute approximate surface area is 123 Å². The van der Waals surface area contributed by atoms with Crippen molar-refractivity contribution in [1.29, 1.82) is 0 Å². The molecule has 0 fully saturated rings. The molecule has 2 rings (SSSR count). The van der Waals surface area contributed by atoms with Crippen LogP contribution in [0.25, 0.3) is 11.1 Å². The normalized spacial score (nSPS) is 10.8. The van der Waals surface area contributed by atoms with E-state index in [0.717, 1.165) is 16.8 Å². The summed E-state index contributed by atoms with van der Waals surface area (Å²) < 4.78 is 1.85. The minimum atomic E-state index is -0.956.